The molecule has 2 nitrogen and oxygen atoms in total. The summed E-state index contributed by atoms with van der Waals surface area (Å²) in [6.07, 6.45) is 0. The Morgan fingerprint density at radius 1 is 0.341 bits per heavy atom. The van der Waals surface area contributed by atoms with Crippen molar-refractivity contribution in [3.05, 3.63) is 215 Å². The van der Waals surface area contributed by atoms with E-state index in [2.05, 4.69) is 84.9 Å². The van der Waals surface area contributed by atoms with Crippen LogP contribution in [-0.4, -0.2) is 11.1 Å². The highest BCUT2D eigenvalue weighted by atomic mass is 16.4. The van der Waals surface area contributed by atoms with Crippen LogP contribution >= 0.6 is 0 Å². The smallest absolute Gasteiger partial charge is 0.323 e. The van der Waals surface area contributed by atoms with Gasteiger partial charge in [0.05, 0.1) is 5.41 Å². The van der Waals surface area contributed by atoms with Crippen molar-refractivity contribution in [2.45, 2.75) is 10.8 Å². The summed E-state index contributed by atoms with van der Waals surface area (Å²) in [6, 6.07) is 58.8. The third-order valence-electron chi connectivity index (χ3n) is 8.11. The maximum atomic E-state index is 13.4. The van der Waals surface area contributed by atoms with Gasteiger partial charge >= 0.3 is 5.97 Å². The number of carboxylic acids is 1. The Kier molecular flexibility index (Phi) is 7.06. The van der Waals surface area contributed by atoms with E-state index < -0.39 is 16.8 Å². The monoisotopic (exact) mass is 530 g/mol. The first-order chi connectivity index (χ1) is 20.2. The number of benzene rings is 6. The predicted molar refractivity (Wildman–Crippen MR) is 165 cm³/mol. The van der Waals surface area contributed by atoms with Gasteiger partial charge in [0.25, 0.3) is 0 Å². The molecule has 41 heavy (non-hydrogen) atoms. The van der Waals surface area contributed by atoms with Crippen LogP contribution in [0.25, 0.3) is 0 Å². The first-order valence-corrected chi connectivity index (χ1v) is 13.8. The molecule has 0 aliphatic heterocycles. The van der Waals surface area contributed by atoms with Gasteiger partial charge in [-0.1, -0.05) is 176 Å². The lowest BCUT2D eigenvalue weighted by atomic mass is 9.64. The largest absolute Gasteiger partial charge is 0.480 e. The van der Waals surface area contributed by atoms with Crippen molar-refractivity contribution in [1.29, 1.82) is 0 Å². The average Bonchev–Trinajstić information content (AvgIpc) is 3.05. The highest BCUT2D eigenvalue weighted by molar-refractivity contribution is 5.91. The number of hydrogen-bond acceptors (Lipinski definition) is 1. The first kappa shape index (κ1) is 26.0. The second kappa shape index (κ2) is 11.1. The Hall–Kier alpha value is -5.21. The van der Waals surface area contributed by atoms with Crippen LogP contribution in [0.2, 0.25) is 0 Å². The van der Waals surface area contributed by atoms with Crippen LogP contribution in [0, 0.1) is 0 Å². The van der Waals surface area contributed by atoms with Crippen LogP contribution in [0.15, 0.2) is 176 Å². The van der Waals surface area contributed by atoms with E-state index in [1.165, 1.54) is 0 Å². The van der Waals surface area contributed by atoms with Crippen LogP contribution in [0.5, 0.6) is 0 Å². The Morgan fingerprint density at radius 3 is 0.854 bits per heavy atom. The molecule has 198 valence electrons. The number of rotatable bonds is 8. The minimum Gasteiger partial charge on any atom is -0.480 e. The average molecular weight is 531 g/mol. The fourth-order valence-corrected chi connectivity index (χ4v) is 6.28. The maximum Gasteiger partial charge on any atom is 0.323 e. The van der Waals surface area contributed by atoms with E-state index in [4.69, 9.17) is 0 Å². The van der Waals surface area contributed by atoms with Gasteiger partial charge in [-0.25, -0.2) is 0 Å². The second-order valence-electron chi connectivity index (χ2n) is 10.2. The van der Waals surface area contributed by atoms with Crippen LogP contribution in [-0.2, 0) is 15.6 Å². The molecule has 0 unspecified atom stereocenters. The van der Waals surface area contributed by atoms with Crippen molar-refractivity contribution in [3.8, 4) is 0 Å². The summed E-state index contributed by atoms with van der Waals surface area (Å²) in [7, 11) is 0. The topological polar surface area (TPSA) is 37.3 Å². The minimum absolute atomic E-state index is 0.603. The zero-order valence-electron chi connectivity index (χ0n) is 22.6. The van der Waals surface area contributed by atoms with Crippen molar-refractivity contribution in [3.63, 3.8) is 0 Å². The summed E-state index contributed by atoms with van der Waals surface area (Å²) >= 11 is 0. The molecule has 0 fully saturated rings. The SMILES string of the molecule is O=C(O)C(c1ccccc1)(c1ccccc1)c1ccc(C(c2ccccc2)(c2ccccc2)c2ccccc2)cc1. The van der Waals surface area contributed by atoms with Crippen molar-refractivity contribution in [2.75, 3.05) is 0 Å². The van der Waals surface area contributed by atoms with E-state index in [0.29, 0.717) is 16.7 Å². The Labute approximate surface area is 241 Å². The van der Waals surface area contributed by atoms with Crippen molar-refractivity contribution < 1.29 is 9.90 Å². The number of carbonyl (C=O) groups is 1. The molecule has 0 spiro atoms. The number of carboxylic acid groups (broad SMARTS) is 1. The molecule has 6 aromatic rings. The molecule has 0 atom stereocenters. The Morgan fingerprint density at radius 2 is 0.561 bits per heavy atom. The molecule has 0 amide bonds. The first-order valence-electron chi connectivity index (χ1n) is 13.8. The van der Waals surface area contributed by atoms with E-state index in [9.17, 15) is 9.90 Å². The Bertz CT molecular complexity index is 1580. The molecule has 0 radical (unpaired) electrons. The molecule has 0 aliphatic rings. The van der Waals surface area contributed by atoms with Crippen molar-refractivity contribution >= 4 is 5.97 Å². The zero-order valence-corrected chi connectivity index (χ0v) is 22.6. The van der Waals surface area contributed by atoms with Gasteiger partial charge in [-0.05, 0) is 38.9 Å². The quantitative estimate of drug-likeness (QED) is 0.200. The summed E-state index contributed by atoms with van der Waals surface area (Å²) in [6.45, 7) is 0. The van der Waals surface area contributed by atoms with Gasteiger partial charge < -0.3 is 5.11 Å². The van der Waals surface area contributed by atoms with Crippen LogP contribution in [0.1, 0.15) is 38.9 Å². The molecular weight excluding hydrogens is 500 g/mol. The van der Waals surface area contributed by atoms with E-state index in [0.717, 1.165) is 22.3 Å². The predicted octanol–water partition coefficient (Wildman–Crippen LogP) is 8.49. The molecule has 2 heteroatoms. The van der Waals surface area contributed by atoms with Crippen LogP contribution < -0.4 is 0 Å². The summed E-state index contributed by atoms with van der Waals surface area (Å²) < 4.78 is 0. The van der Waals surface area contributed by atoms with Gasteiger partial charge in [-0.3, -0.25) is 4.79 Å². The molecule has 0 saturated carbocycles. The maximum absolute atomic E-state index is 13.4. The van der Waals surface area contributed by atoms with Crippen LogP contribution in [0.3, 0.4) is 0 Å². The molecule has 0 aromatic heterocycles. The zero-order chi connectivity index (χ0) is 28.1. The summed E-state index contributed by atoms with van der Waals surface area (Å²) in [4.78, 5) is 13.4. The molecule has 1 N–H and O–H groups in total. The van der Waals surface area contributed by atoms with E-state index in [-0.39, 0.29) is 0 Å². The normalized spacial score (nSPS) is 11.6. The molecule has 0 saturated heterocycles. The fraction of sp³-hybridized carbons (Fsp3) is 0.0513. The van der Waals surface area contributed by atoms with E-state index in [1.807, 2.05) is 91.0 Å². The Balaban J connectivity index is 1.64. The number of hydrogen-bond donors (Lipinski definition) is 1. The second-order valence-corrected chi connectivity index (χ2v) is 10.2. The molecule has 0 aliphatic carbocycles. The lowest BCUT2D eigenvalue weighted by molar-refractivity contribution is -0.140. The summed E-state index contributed by atoms with van der Waals surface area (Å²) in [5, 5.41) is 10.9. The highest BCUT2D eigenvalue weighted by Crippen LogP contribution is 2.46. The third-order valence-corrected chi connectivity index (χ3v) is 8.11. The minimum atomic E-state index is -1.37. The molecular formula is C39H30O2. The van der Waals surface area contributed by atoms with Crippen LogP contribution in [0.4, 0.5) is 0 Å². The van der Waals surface area contributed by atoms with Crippen molar-refractivity contribution in [1.82, 2.24) is 0 Å². The fourth-order valence-electron chi connectivity index (χ4n) is 6.28. The molecule has 0 heterocycles. The van der Waals surface area contributed by atoms with Gasteiger partial charge in [-0.15, -0.1) is 0 Å². The summed E-state index contributed by atoms with van der Waals surface area (Å²) in [5.41, 5.74) is 4.64. The summed E-state index contributed by atoms with van der Waals surface area (Å²) in [5.74, 6) is -0.914. The van der Waals surface area contributed by atoms with Gasteiger partial charge in [0.2, 0.25) is 0 Å². The number of aliphatic carboxylic acids is 1. The molecule has 0 bridgehead atoms. The van der Waals surface area contributed by atoms with Gasteiger partial charge in [0, 0.05) is 0 Å². The van der Waals surface area contributed by atoms with Gasteiger partial charge in [0.1, 0.15) is 5.41 Å². The van der Waals surface area contributed by atoms with E-state index in [1.54, 1.807) is 0 Å². The van der Waals surface area contributed by atoms with Gasteiger partial charge in [0.15, 0.2) is 0 Å². The van der Waals surface area contributed by atoms with Gasteiger partial charge in [-0.2, -0.15) is 0 Å². The lowest BCUT2D eigenvalue weighted by Gasteiger charge is -2.37. The molecule has 6 rings (SSSR count). The van der Waals surface area contributed by atoms with E-state index >= 15 is 0 Å². The van der Waals surface area contributed by atoms with Crippen molar-refractivity contribution in [2.24, 2.45) is 0 Å². The third kappa shape index (κ3) is 4.34. The molecule has 6 aromatic carbocycles. The highest BCUT2D eigenvalue weighted by Gasteiger charge is 2.45. The standard InChI is InChI=1S/C39H30O2/c40-37(41)39(33-22-12-4-13-23-33,34-24-14-5-15-25-34)36-28-26-35(27-29-36)38(30-16-6-1-7-17-30,31-18-8-2-9-19-31)32-20-10-3-11-21-32/h1-29H,(H,40,41). The lowest BCUT2D eigenvalue weighted by Crippen LogP contribution is -2.38.